The maximum Gasteiger partial charge on any atom is 0.0693 e. The summed E-state index contributed by atoms with van der Waals surface area (Å²) in [6, 6.07) is 2.69. The van der Waals surface area contributed by atoms with Crippen molar-refractivity contribution in [1.82, 2.24) is 0 Å². The summed E-state index contributed by atoms with van der Waals surface area (Å²) in [5.74, 6) is 4.18. The Kier molecular flexibility index (Phi) is 1.12. The van der Waals surface area contributed by atoms with Gasteiger partial charge in [-0.15, -0.1) is 0 Å². The molecule has 72 valence electrons. The van der Waals surface area contributed by atoms with Crippen molar-refractivity contribution in [2.24, 2.45) is 35.0 Å². The highest BCUT2D eigenvalue weighted by Crippen LogP contribution is 2.70. The van der Waals surface area contributed by atoms with Crippen molar-refractivity contribution in [3.05, 3.63) is 12.2 Å². The Morgan fingerprint density at radius 1 is 1.29 bits per heavy atom. The molecule has 0 spiro atoms. The second kappa shape index (κ2) is 2.08. The van der Waals surface area contributed by atoms with Gasteiger partial charge < -0.3 is 0 Å². The van der Waals surface area contributed by atoms with Crippen LogP contribution in [0.15, 0.2) is 12.2 Å². The molecule has 0 saturated heterocycles. The zero-order valence-corrected chi connectivity index (χ0v) is 8.32. The van der Waals surface area contributed by atoms with Gasteiger partial charge in [0.25, 0.3) is 0 Å². The minimum Gasteiger partial charge on any atom is -0.198 e. The lowest BCUT2D eigenvalue weighted by Gasteiger charge is -2.35. The number of hydrogen-bond acceptors (Lipinski definition) is 1. The van der Waals surface area contributed by atoms with E-state index in [-0.39, 0.29) is 5.41 Å². The summed E-state index contributed by atoms with van der Waals surface area (Å²) in [5.41, 5.74) is 0.111. The lowest BCUT2D eigenvalue weighted by molar-refractivity contribution is 0.163. The Morgan fingerprint density at radius 3 is 3.00 bits per heavy atom. The number of allylic oxidation sites excluding steroid dienone is 2. The van der Waals surface area contributed by atoms with Gasteiger partial charge in [0.15, 0.2) is 0 Å². The molecule has 6 unspecified atom stereocenters. The molecule has 4 aliphatic carbocycles. The highest BCUT2D eigenvalue weighted by Gasteiger charge is 2.65. The molecule has 0 amide bonds. The van der Waals surface area contributed by atoms with Crippen LogP contribution >= 0.6 is 0 Å². The molecule has 0 aromatic rings. The van der Waals surface area contributed by atoms with Crippen LogP contribution in [0.25, 0.3) is 0 Å². The third kappa shape index (κ3) is 0.601. The van der Waals surface area contributed by atoms with Gasteiger partial charge in [0, 0.05) is 0 Å². The summed E-state index contributed by atoms with van der Waals surface area (Å²) in [5, 5.41) is 9.44. The molecule has 0 N–H and O–H groups in total. The summed E-state index contributed by atoms with van der Waals surface area (Å²) in [6.45, 7) is 0. The van der Waals surface area contributed by atoms with Crippen LogP contribution in [-0.4, -0.2) is 0 Å². The van der Waals surface area contributed by atoms with Crippen molar-refractivity contribution in [1.29, 1.82) is 5.26 Å². The topological polar surface area (TPSA) is 23.8 Å². The van der Waals surface area contributed by atoms with Gasteiger partial charge in [-0.2, -0.15) is 5.26 Å². The lowest BCUT2D eigenvalue weighted by Crippen LogP contribution is -2.32. The lowest BCUT2D eigenvalue weighted by atomic mass is 9.67. The molecule has 6 atom stereocenters. The standard InChI is InChI=1S/C13H15N/c14-7-13-4-3-10(6-13)11-8-1-2-9(5-8)12(11)13/h1-2,8-12H,3-6H2. The van der Waals surface area contributed by atoms with E-state index in [1.54, 1.807) is 0 Å². The molecule has 0 heterocycles. The third-order valence-corrected chi connectivity index (χ3v) is 5.51. The first-order valence-electron chi connectivity index (χ1n) is 5.94. The summed E-state index contributed by atoms with van der Waals surface area (Å²) < 4.78 is 0. The van der Waals surface area contributed by atoms with Crippen molar-refractivity contribution in [3.8, 4) is 6.07 Å². The maximum atomic E-state index is 9.44. The van der Waals surface area contributed by atoms with Crippen LogP contribution in [0.1, 0.15) is 25.7 Å². The number of rotatable bonds is 0. The number of hydrogen-bond donors (Lipinski definition) is 0. The van der Waals surface area contributed by atoms with E-state index in [4.69, 9.17) is 0 Å². The fraction of sp³-hybridized carbons (Fsp3) is 0.769. The van der Waals surface area contributed by atoms with Crippen LogP contribution in [0.5, 0.6) is 0 Å². The number of nitrogens with zero attached hydrogens (tertiary/aromatic N) is 1. The number of fused-ring (bicyclic) bond motifs is 9. The van der Waals surface area contributed by atoms with Crippen LogP contribution in [0.2, 0.25) is 0 Å². The van der Waals surface area contributed by atoms with Gasteiger partial charge >= 0.3 is 0 Å². The van der Waals surface area contributed by atoms with E-state index in [1.165, 1.54) is 25.7 Å². The quantitative estimate of drug-likeness (QED) is 0.420. The summed E-state index contributed by atoms with van der Waals surface area (Å²) in [4.78, 5) is 0. The van der Waals surface area contributed by atoms with E-state index in [2.05, 4.69) is 18.2 Å². The van der Waals surface area contributed by atoms with Crippen LogP contribution in [-0.2, 0) is 0 Å². The summed E-state index contributed by atoms with van der Waals surface area (Å²) in [6.07, 6.45) is 9.99. The van der Waals surface area contributed by atoms with E-state index in [0.29, 0.717) is 0 Å². The average molecular weight is 185 g/mol. The van der Waals surface area contributed by atoms with Gasteiger partial charge in [-0.05, 0) is 55.3 Å². The van der Waals surface area contributed by atoms with Crippen LogP contribution < -0.4 is 0 Å². The molecule has 3 saturated carbocycles. The van der Waals surface area contributed by atoms with Gasteiger partial charge in [-0.1, -0.05) is 12.2 Å². The van der Waals surface area contributed by atoms with E-state index in [0.717, 1.165) is 29.6 Å². The molecule has 3 fully saturated rings. The van der Waals surface area contributed by atoms with Gasteiger partial charge in [0.05, 0.1) is 11.5 Å². The Bertz CT molecular complexity index is 364. The maximum absolute atomic E-state index is 9.44. The fourth-order valence-corrected chi connectivity index (χ4v) is 5.20. The third-order valence-electron chi connectivity index (χ3n) is 5.51. The minimum atomic E-state index is 0.111. The molecule has 1 heteroatoms. The molecule has 0 aliphatic heterocycles. The molecule has 4 aliphatic rings. The summed E-state index contributed by atoms with van der Waals surface area (Å²) in [7, 11) is 0. The largest absolute Gasteiger partial charge is 0.198 e. The molecule has 0 aromatic heterocycles. The van der Waals surface area contributed by atoms with Crippen molar-refractivity contribution in [3.63, 3.8) is 0 Å². The number of nitriles is 1. The predicted molar refractivity (Wildman–Crippen MR) is 53.1 cm³/mol. The van der Waals surface area contributed by atoms with Crippen molar-refractivity contribution >= 4 is 0 Å². The van der Waals surface area contributed by atoms with Crippen molar-refractivity contribution < 1.29 is 0 Å². The summed E-state index contributed by atoms with van der Waals surface area (Å²) >= 11 is 0. The van der Waals surface area contributed by atoms with Gasteiger partial charge in [0.1, 0.15) is 0 Å². The van der Waals surface area contributed by atoms with E-state index < -0.39 is 0 Å². The molecule has 0 radical (unpaired) electrons. The monoisotopic (exact) mass is 185 g/mol. The zero-order chi connectivity index (χ0) is 9.34. The van der Waals surface area contributed by atoms with Crippen LogP contribution in [0.4, 0.5) is 0 Å². The zero-order valence-electron chi connectivity index (χ0n) is 8.32. The second-order valence-electron chi connectivity index (χ2n) is 5.82. The highest BCUT2D eigenvalue weighted by atomic mass is 14.7. The average Bonchev–Trinajstić information content (AvgIpc) is 2.96. The Hall–Kier alpha value is -0.770. The molecule has 4 rings (SSSR count). The first-order valence-corrected chi connectivity index (χ1v) is 5.94. The van der Waals surface area contributed by atoms with E-state index in [9.17, 15) is 5.26 Å². The van der Waals surface area contributed by atoms with Crippen molar-refractivity contribution in [2.45, 2.75) is 25.7 Å². The van der Waals surface area contributed by atoms with Crippen LogP contribution in [0, 0.1) is 46.3 Å². The fourth-order valence-electron chi connectivity index (χ4n) is 5.20. The smallest absolute Gasteiger partial charge is 0.0693 e. The normalized spacial score (nSPS) is 61.8. The molecular formula is C13H15N. The molecular weight excluding hydrogens is 170 g/mol. The van der Waals surface area contributed by atoms with Gasteiger partial charge in [0.2, 0.25) is 0 Å². The highest BCUT2D eigenvalue weighted by molar-refractivity contribution is 5.27. The minimum absolute atomic E-state index is 0.111. The van der Waals surface area contributed by atoms with E-state index >= 15 is 0 Å². The predicted octanol–water partition coefficient (Wildman–Crippen LogP) is 2.75. The molecule has 1 nitrogen and oxygen atoms in total. The Morgan fingerprint density at radius 2 is 2.14 bits per heavy atom. The second-order valence-corrected chi connectivity index (χ2v) is 5.82. The SMILES string of the molecule is N#CC12CCC(C1)C1C3C=CC(C3)C12. The van der Waals surface area contributed by atoms with Crippen molar-refractivity contribution in [2.75, 3.05) is 0 Å². The Balaban J connectivity index is 1.86. The van der Waals surface area contributed by atoms with Crippen LogP contribution in [0.3, 0.4) is 0 Å². The molecule has 0 aromatic carbocycles. The molecule has 14 heavy (non-hydrogen) atoms. The molecule has 4 bridgehead atoms. The first-order chi connectivity index (χ1) is 6.84. The van der Waals surface area contributed by atoms with Gasteiger partial charge in [-0.25, -0.2) is 0 Å². The first kappa shape index (κ1) is 7.51. The Labute approximate surface area is 84.8 Å². The van der Waals surface area contributed by atoms with Gasteiger partial charge in [-0.3, -0.25) is 0 Å². The van der Waals surface area contributed by atoms with E-state index in [1.807, 2.05) is 0 Å².